The molecule has 1 aromatic carbocycles. The van der Waals surface area contributed by atoms with E-state index in [4.69, 9.17) is 9.84 Å². The van der Waals surface area contributed by atoms with Crippen molar-refractivity contribution < 1.29 is 14.6 Å². The molecule has 0 spiro atoms. The molecule has 0 unspecified atom stereocenters. The molecule has 0 aliphatic carbocycles. The second-order valence-electron chi connectivity index (χ2n) is 4.74. The lowest BCUT2D eigenvalue weighted by Crippen LogP contribution is -2.07. The van der Waals surface area contributed by atoms with Gasteiger partial charge < -0.3 is 9.84 Å². The minimum atomic E-state index is -0.963. The predicted octanol–water partition coefficient (Wildman–Crippen LogP) is 3.56. The molecule has 1 N–H and O–H groups in total. The molecule has 0 saturated heterocycles. The van der Waals surface area contributed by atoms with Crippen LogP contribution in [0.5, 0.6) is 5.75 Å². The Kier molecular flexibility index (Phi) is 4.67. The number of aryl methyl sites for hydroxylation is 3. The number of carboxylic acids is 1. The van der Waals surface area contributed by atoms with E-state index in [1.807, 2.05) is 25.5 Å². The highest BCUT2D eigenvalue weighted by atomic mass is 79.9. The highest BCUT2D eigenvalue weighted by Crippen LogP contribution is 2.25. The summed E-state index contributed by atoms with van der Waals surface area (Å²) in [7, 11) is 0. The maximum atomic E-state index is 11.0. The number of hydrogen-bond acceptors (Lipinski definition) is 3. The highest BCUT2D eigenvalue weighted by molar-refractivity contribution is 9.10. The van der Waals surface area contributed by atoms with Crippen LogP contribution in [0.4, 0.5) is 0 Å². The van der Waals surface area contributed by atoms with E-state index in [-0.39, 0.29) is 5.56 Å². The number of benzene rings is 1. The van der Waals surface area contributed by atoms with Gasteiger partial charge in [-0.1, -0.05) is 6.07 Å². The molecule has 0 radical (unpaired) electrons. The molecular formula is C15H17BrN2O3. The number of carboxylic acid groups (broad SMARTS) is 1. The third-order valence-electron chi connectivity index (χ3n) is 3.25. The van der Waals surface area contributed by atoms with Crippen LogP contribution in [0.2, 0.25) is 0 Å². The van der Waals surface area contributed by atoms with Crippen molar-refractivity contribution >= 4 is 21.9 Å². The zero-order valence-corrected chi connectivity index (χ0v) is 13.8. The third-order valence-corrected chi connectivity index (χ3v) is 4.28. The molecule has 0 fully saturated rings. The van der Waals surface area contributed by atoms with Gasteiger partial charge in [0.1, 0.15) is 12.4 Å². The standard InChI is InChI=1S/C15H17BrN2O3/c1-4-18-12(14(16)10(3)17-18)8-21-13-7-11(15(19)20)6-5-9(13)2/h5-7H,4,8H2,1-3H3,(H,19,20). The quantitative estimate of drug-likeness (QED) is 0.893. The maximum absolute atomic E-state index is 11.0. The second kappa shape index (κ2) is 6.30. The first-order chi connectivity index (χ1) is 9.93. The first-order valence-electron chi connectivity index (χ1n) is 6.62. The molecule has 0 aliphatic heterocycles. The lowest BCUT2D eigenvalue weighted by Gasteiger charge is -2.11. The van der Waals surface area contributed by atoms with Crippen LogP contribution in [-0.4, -0.2) is 20.9 Å². The van der Waals surface area contributed by atoms with Gasteiger partial charge in [-0.25, -0.2) is 4.79 Å². The molecule has 1 aromatic heterocycles. The van der Waals surface area contributed by atoms with Gasteiger partial charge in [-0.3, -0.25) is 4.68 Å². The molecular weight excluding hydrogens is 336 g/mol. The molecule has 2 aromatic rings. The second-order valence-corrected chi connectivity index (χ2v) is 5.53. The summed E-state index contributed by atoms with van der Waals surface area (Å²) in [5, 5.41) is 13.4. The van der Waals surface area contributed by atoms with Crippen molar-refractivity contribution in [2.24, 2.45) is 0 Å². The summed E-state index contributed by atoms with van der Waals surface area (Å²) in [5.41, 5.74) is 2.96. The molecule has 0 bridgehead atoms. The van der Waals surface area contributed by atoms with E-state index in [9.17, 15) is 4.79 Å². The van der Waals surface area contributed by atoms with Gasteiger partial charge in [-0.2, -0.15) is 5.10 Å². The van der Waals surface area contributed by atoms with Crippen LogP contribution in [0.15, 0.2) is 22.7 Å². The number of rotatable bonds is 5. The summed E-state index contributed by atoms with van der Waals surface area (Å²) < 4.78 is 8.59. The van der Waals surface area contributed by atoms with Crippen molar-refractivity contribution in [1.29, 1.82) is 0 Å². The number of hydrogen-bond donors (Lipinski definition) is 1. The van der Waals surface area contributed by atoms with Gasteiger partial charge in [0.05, 0.1) is 21.4 Å². The molecule has 2 rings (SSSR count). The first kappa shape index (κ1) is 15.6. The molecule has 112 valence electrons. The van der Waals surface area contributed by atoms with Crippen LogP contribution in [0.25, 0.3) is 0 Å². The van der Waals surface area contributed by atoms with E-state index in [2.05, 4.69) is 21.0 Å². The minimum Gasteiger partial charge on any atom is -0.487 e. The molecule has 0 atom stereocenters. The van der Waals surface area contributed by atoms with E-state index in [1.165, 1.54) is 0 Å². The average molecular weight is 353 g/mol. The Morgan fingerprint density at radius 2 is 2.14 bits per heavy atom. The maximum Gasteiger partial charge on any atom is 0.335 e. The summed E-state index contributed by atoms with van der Waals surface area (Å²) in [6, 6.07) is 4.86. The van der Waals surface area contributed by atoms with E-state index >= 15 is 0 Å². The molecule has 0 saturated carbocycles. The fourth-order valence-electron chi connectivity index (χ4n) is 2.04. The number of aromatic carboxylic acids is 1. The smallest absolute Gasteiger partial charge is 0.335 e. The Hall–Kier alpha value is -1.82. The fraction of sp³-hybridized carbons (Fsp3) is 0.333. The Labute approximate surface area is 131 Å². The normalized spacial score (nSPS) is 10.7. The third kappa shape index (κ3) is 3.26. The number of halogens is 1. The fourth-order valence-corrected chi connectivity index (χ4v) is 2.44. The van der Waals surface area contributed by atoms with Crippen LogP contribution in [0, 0.1) is 13.8 Å². The zero-order valence-electron chi connectivity index (χ0n) is 12.2. The Balaban J connectivity index is 2.24. The number of aromatic nitrogens is 2. The van der Waals surface area contributed by atoms with Gasteiger partial charge >= 0.3 is 5.97 Å². The van der Waals surface area contributed by atoms with Crippen molar-refractivity contribution in [3.63, 3.8) is 0 Å². The summed E-state index contributed by atoms with van der Waals surface area (Å²) >= 11 is 3.51. The molecule has 0 amide bonds. The summed E-state index contributed by atoms with van der Waals surface area (Å²) in [6.45, 7) is 6.91. The Morgan fingerprint density at radius 3 is 2.76 bits per heavy atom. The van der Waals surface area contributed by atoms with Crippen LogP contribution in [-0.2, 0) is 13.2 Å². The van der Waals surface area contributed by atoms with Gasteiger partial charge in [0.2, 0.25) is 0 Å². The molecule has 1 heterocycles. The van der Waals surface area contributed by atoms with Crippen molar-refractivity contribution in [2.45, 2.75) is 33.9 Å². The molecule has 5 nitrogen and oxygen atoms in total. The number of carbonyl (C=O) groups is 1. The van der Waals surface area contributed by atoms with E-state index in [1.54, 1.807) is 18.2 Å². The zero-order chi connectivity index (χ0) is 15.6. The summed E-state index contributed by atoms with van der Waals surface area (Å²) in [4.78, 5) is 11.0. The largest absolute Gasteiger partial charge is 0.487 e. The topological polar surface area (TPSA) is 64.4 Å². The van der Waals surface area contributed by atoms with Crippen molar-refractivity contribution in [1.82, 2.24) is 9.78 Å². The van der Waals surface area contributed by atoms with Crippen LogP contribution >= 0.6 is 15.9 Å². The van der Waals surface area contributed by atoms with Crippen LogP contribution in [0.3, 0.4) is 0 Å². The highest BCUT2D eigenvalue weighted by Gasteiger charge is 2.14. The van der Waals surface area contributed by atoms with E-state index in [0.29, 0.717) is 12.4 Å². The monoisotopic (exact) mass is 352 g/mol. The van der Waals surface area contributed by atoms with Gasteiger partial charge in [-0.15, -0.1) is 0 Å². The lowest BCUT2D eigenvalue weighted by molar-refractivity contribution is 0.0696. The Morgan fingerprint density at radius 1 is 1.43 bits per heavy atom. The average Bonchev–Trinajstić information content (AvgIpc) is 2.73. The molecule has 21 heavy (non-hydrogen) atoms. The van der Waals surface area contributed by atoms with E-state index < -0.39 is 5.97 Å². The van der Waals surface area contributed by atoms with Crippen LogP contribution in [0.1, 0.15) is 34.2 Å². The van der Waals surface area contributed by atoms with Crippen LogP contribution < -0.4 is 4.74 Å². The van der Waals surface area contributed by atoms with Crippen molar-refractivity contribution in [3.05, 3.63) is 45.2 Å². The van der Waals surface area contributed by atoms with Gasteiger partial charge in [0.15, 0.2) is 0 Å². The number of ether oxygens (including phenoxy) is 1. The number of nitrogens with zero attached hydrogens (tertiary/aromatic N) is 2. The lowest BCUT2D eigenvalue weighted by atomic mass is 10.1. The van der Waals surface area contributed by atoms with Gasteiger partial charge in [-0.05, 0) is 54.4 Å². The summed E-state index contributed by atoms with van der Waals surface area (Å²) in [6.07, 6.45) is 0. The minimum absolute atomic E-state index is 0.217. The SMILES string of the molecule is CCn1nc(C)c(Br)c1COc1cc(C(=O)O)ccc1C. The predicted molar refractivity (Wildman–Crippen MR) is 82.8 cm³/mol. The van der Waals surface area contributed by atoms with E-state index in [0.717, 1.165) is 28.0 Å². The summed E-state index contributed by atoms with van der Waals surface area (Å²) in [5.74, 6) is -0.390. The van der Waals surface area contributed by atoms with Crippen molar-refractivity contribution in [2.75, 3.05) is 0 Å². The molecule has 0 aliphatic rings. The van der Waals surface area contributed by atoms with Crippen molar-refractivity contribution in [3.8, 4) is 5.75 Å². The van der Waals surface area contributed by atoms with Gasteiger partial charge in [0.25, 0.3) is 0 Å². The first-order valence-corrected chi connectivity index (χ1v) is 7.41. The Bertz CT molecular complexity index is 680. The molecule has 6 heteroatoms. The van der Waals surface area contributed by atoms with Gasteiger partial charge in [0, 0.05) is 6.54 Å².